The van der Waals surface area contributed by atoms with Crippen LogP contribution >= 0.6 is 0 Å². The number of pyridine rings is 1. The smallest absolute Gasteiger partial charge is 0.409 e. The maximum atomic E-state index is 12.8. The molecule has 0 aromatic carbocycles. The number of ether oxygens (including phenoxy) is 1. The van der Waals surface area contributed by atoms with Crippen LogP contribution in [0.2, 0.25) is 0 Å². The number of halogens is 2. The maximum Gasteiger partial charge on any atom is 0.409 e. The molecule has 122 valence electrons. The van der Waals surface area contributed by atoms with Gasteiger partial charge < -0.3 is 15.0 Å². The lowest BCUT2D eigenvalue weighted by atomic mass is 10.2. The fourth-order valence-corrected chi connectivity index (χ4v) is 1.92. The van der Waals surface area contributed by atoms with Crippen molar-refractivity contribution in [2.45, 2.75) is 38.9 Å². The number of hydrogen-bond donors (Lipinski definition) is 1. The lowest BCUT2D eigenvalue weighted by molar-refractivity contribution is 0.145. The molecule has 0 aliphatic heterocycles. The molecular formula is C13H17F2N3O3S. The second kappa shape index (κ2) is 7.01. The van der Waals surface area contributed by atoms with E-state index in [0.717, 1.165) is 6.07 Å². The number of amides is 1. The Balaban J connectivity index is 3.24. The number of alkyl halides is 2. The van der Waals surface area contributed by atoms with Gasteiger partial charge in [0.25, 0.3) is 6.43 Å². The molecule has 1 aromatic heterocycles. The quantitative estimate of drug-likeness (QED) is 0.676. The van der Waals surface area contributed by atoms with Crippen molar-refractivity contribution in [3.8, 4) is 5.75 Å². The van der Waals surface area contributed by atoms with Crippen LogP contribution in [0.15, 0.2) is 16.5 Å². The van der Waals surface area contributed by atoms with Crippen molar-refractivity contribution in [1.82, 2.24) is 4.98 Å². The van der Waals surface area contributed by atoms with Crippen molar-refractivity contribution in [2.24, 2.45) is 10.1 Å². The fraction of sp³-hybridized carbons (Fsp3) is 0.462. The average molecular weight is 333 g/mol. The molecule has 0 aliphatic rings. The summed E-state index contributed by atoms with van der Waals surface area (Å²) < 4.78 is 45.6. The van der Waals surface area contributed by atoms with E-state index in [1.54, 1.807) is 20.8 Å². The lowest BCUT2D eigenvalue weighted by Crippen LogP contribution is -2.27. The van der Waals surface area contributed by atoms with Gasteiger partial charge in [-0.25, -0.2) is 18.6 Å². The number of carbonyl (C=O) groups is 1. The number of rotatable bonds is 4. The fourth-order valence-electron chi connectivity index (χ4n) is 1.31. The van der Waals surface area contributed by atoms with Crippen molar-refractivity contribution in [2.75, 3.05) is 0 Å². The van der Waals surface area contributed by atoms with Gasteiger partial charge in [-0.1, -0.05) is 4.40 Å². The van der Waals surface area contributed by atoms with Crippen LogP contribution in [-0.4, -0.2) is 26.1 Å². The van der Waals surface area contributed by atoms with Crippen LogP contribution in [0.25, 0.3) is 0 Å². The number of nitrogens with two attached hydrogens (primary N) is 1. The summed E-state index contributed by atoms with van der Waals surface area (Å²) >= 11 is -1.57. The molecule has 0 spiro atoms. The summed E-state index contributed by atoms with van der Waals surface area (Å²) in [5.41, 5.74) is 4.49. The molecule has 0 fully saturated rings. The predicted octanol–water partition coefficient (Wildman–Crippen LogP) is 2.75. The Kier molecular flexibility index (Phi) is 5.84. The molecule has 1 heterocycles. The molecule has 22 heavy (non-hydrogen) atoms. The largest absolute Gasteiger partial charge is 0.591 e. The monoisotopic (exact) mass is 333 g/mol. The Hall–Kier alpha value is -1.74. The Morgan fingerprint density at radius 3 is 2.50 bits per heavy atom. The van der Waals surface area contributed by atoms with Crippen LogP contribution < -0.4 is 10.5 Å². The summed E-state index contributed by atoms with van der Waals surface area (Å²) in [6.45, 7) is 6.66. The molecule has 0 aliphatic carbocycles. The summed E-state index contributed by atoms with van der Waals surface area (Å²) in [5.74, 6) is -0.177. The zero-order chi connectivity index (χ0) is 17.1. The highest BCUT2D eigenvalue weighted by molar-refractivity contribution is 7.91. The second-order valence-electron chi connectivity index (χ2n) is 5.37. The molecule has 0 bridgehead atoms. The molecule has 0 saturated heterocycles. The highest BCUT2D eigenvalue weighted by Gasteiger charge is 2.27. The number of aromatic nitrogens is 1. The van der Waals surface area contributed by atoms with Gasteiger partial charge in [0.1, 0.15) is 33.3 Å². The van der Waals surface area contributed by atoms with E-state index < -0.39 is 34.3 Å². The van der Waals surface area contributed by atoms with E-state index in [9.17, 15) is 18.1 Å². The van der Waals surface area contributed by atoms with Crippen LogP contribution in [0, 0.1) is 0 Å². The van der Waals surface area contributed by atoms with Crippen molar-refractivity contribution < 1.29 is 22.9 Å². The predicted molar refractivity (Wildman–Crippen MR) is 79.5 cm³/mol. The van der Waals surface area contributed by atoms with Gasteiger partial charge in [-0.05, 0) is 27.7 Å². The van der Waals surface area contributed by atoms with Crippen molar-refractivity contribution in [3.63, 3.8) is 0 Å². The molecule has 2 N–H and O–H groups in total. The molecule has 1 aromatic rings. The lowest BCUT2D eigenvalue weighted by Gasteiger charge is -2.18. The molecule has 0 saturated carbocycles. The molecule has 0 radical (unpaired) electrons. The van der Waals surface area contributed by atoms with Gasteiger partial charge in [0.15, 0.2) is 0 Å². The van der Waals surface area contributed by atoms with Crippen molar-refractivity contribution >= 4 is 23.2 Å². The minimum absolute atomic E-state index is 0.0339. The highest BCUT2D eigenvalue weighted by atomic mass is 32.2. The Morgan fingerprint density at radius 1 is 1.45 bits per heavy atom. The summed E-state index contributed by atoms with van der Waals surface area (Å²) in [6.07, 6.45) is -4.00. The van der Waals surface area contributed by atoms with Gasteiger partial charge in [-0.3, -0.25) is 0 Å². The van der Waals surface area contributed by atoms with Gasteiger partial charge in [0.2, 0.25) is 0 Å². The Labute approximate surface area is 130 Å². The van der Waals surface area contributed by atoms with E-state index in [4.69, 9.17) is 5.73 Å². The van der Waals surface area contributed by atoms with Crippen LogP contribution in [0.3, 0.4) is 0 Å². The van der Waals surface area contributed by atoms with Gasteiger partial charge >= 0.3 is 6.09 Å². The SMILES string of the molecule is CC(=N[S+]([O-])C(C)(C)C)c1cc(OC(N)=O)cc(C(F)F)n1. The summed E-state index contributed by atoms with van der Waals surface area (Å²) in [5, 5.41) is 0. The minimum atomic E-state index is -2.86. The van der Waals surface area contributed by atoms with E-state index in [1.807, 2.05) is 0 Å². The van der Waals surface area contributed by atoms with Crippen LogP contribution in [0.1, 0.15) is 45.5 Å². The summed E-state index contributed by atoms with van der Waals surface area (Å²) in [6, 6.07) is 2.14. The van der Waals surface area contributed by atoms with E-state index in [2.05, 4.69) is 14.1 Å². The van der Waals surface area contributed by atoms with E-state index in [1.165, 1.54) is 13.0 Å². The first-order valence-electron chi connectivity index (χ1n) is 6.26. The van der Waals surface area contributed by atoms with E-state index >= 15 is 0 Å². The number of carbonyl (C=O) groups excluding carboxylic acids is 1. The molecule has 6 nitrogen and oxygen atoms in total. The molecule has 1 unspecified atom stereocenters. The standard InChI is InChI=1S/C13H17F2N3O3S/c1-7(18-22(20)13(2,3)4)9-5-8(21-12(16)19)6-10(17-9)11(14)15/h5-6,11H,1-4H3,(H2,16,19). The van der Waals surface area contributed by atoms with Gasteiger partial charge in [0.05, 0.1) is 5.69 Å². The first kappa shape index (κ1) is 18.3. The molecule has 1 atom stereocenters. The third kappa shape index (κ3) is 5.23. The molecular weight excluding hydrogens is 316 g/mol. The topological polar surface area (TPSA) is 101 Å². The van der Waals surface area contributed by atoms with Crippen LogP contribution in [0.4, 0.5) is 13.6 Å². The minimum Gasteiger partial charge on any atom is -0.591 e. The first-order chi connectivity index (χ1) is 10.0. The second-order valence-corrected chi connectivity index (χ2v) is 7.28. The number of hydrogen-bond acceptors (Lipinski definition) is 5. The van der Waals surface area contributed by atoms with Crippen molar-refractivity contribution in [3.05, 3.63) is 23.5 Å². The summed E-state index contributed by atoms with van der Waals surface area (Å²) in [4.78, 5) is 14.5. The van der Waals surface area contributed by atoms with Crippen molar-refractivity contribution in [1.29, 1.82) is 0 Å². The highest BCUT2D eigenvalue weighted by Crippen LogP contribution is 2.24. The maximum absolute atomic E-state index is 12.8. The third-order valence-corrected chi connectivity index (χ3v) is 3.86. The molecule has 1 rings (SSSR count). The summed E-state index contributed by atoms with van der Waals surface area (Å²) in [7, 11) is 0. The Bertz CT molecular complexity index is 588. The molecule has 9 heteroatoms. The van der Waals surface area contributed by atoms with Gasteiger partial charge in [0, 0.05) is 12.1 Å². The average Bonchev–Trinajstić information content (AvgIpc) is 2.36. The van der Waals surface area contributed by atoms with Gasteiger partial charge in [-0.2, -0.15) is 0 Å². The molecule has 1 amide bonds. The number of primary amides is 1. The van der Waals surface area contributed by atoms with Crippen LogP contribution in [0.5, 0.6) is 5.75 Å². The number of nitrogens with zero attached hydrogens (tertiary/aromatic N) is 2. The zero-order valence-corrected chi connectivity index (χ0v) is 13.4. The van der Waals surface area contributed by atoms with Crippen LogP contribution in [-0.2, 0) is 11.4 Å². The zero-order valence-electron chi connectivity index (χ0n) is 12.6. The van der Waals surface area contributed by atoms with E-state index in [0.29, 0.717) is 0 Å². The first-order valence-corrected chi connectivity index (χ1v) is 7.36. The third-order valence-electron chi connectivity index (χ3n) is 2.38. The normalized spacial score (nSPS) is 14.1. The Morgan fingerprint density at radius 2 is 2.05 bits per heavy atom. The van der Waals surface area contributed by atoms with Gasteiger partial charge in [-0.15, -0.1) is 0 Å². The van der Waals surface area contributed by atoms with E-state index in [-0.39, 0.29) is 17.2 Å².